The Balaban J connectivity index is 0. The van der Waals surface area contributed by atoms with Gasteiger partial charge < -0.3 is 0 Å². The van der Waals surface area contributed by atoms with E-state index in [0.717, 1.165) is 29.6 Å². The van der Waals surface area contributed by atoms with Crippen LogP contribution in [0.2, 0.25) is 0 Å². The van der Waals surface area contributed by atoms with Gasteiger partial charge in [-0.15, -0.1) is 0 Å². The van der Waals surface area contributed by atoms with Gasteiger partial charge in [-0.05, 0) is 47.8 Å². The van der Waals surface area contributed by atoms with Crippen LogP contribution in [0.15, 0.2) is 0 Å². The molecule has 0 spiro atoms. The Labute approximate surface area is 137 Å². The van der Waals surface area contributed by atoms with Crippen molar-refractivity contribution in [1.82, 2.24) is 0 Å². The maximum atomic E-state index is 2.42. The third-order valence-electron chi connectivity index (χ3n) is 4.41. The third kappa shape index (κ3) is 16.2. The van der Waals surface area contributed by atoms with Gasteiger partial charge in [-0.2, -0.15) is 0 Å². The van der Waals surface area contributed by atoms with Gasteiger partial charge >= 0.3 is 0 Å². The summed E-state index contributed by atoms with van der Waals surface area (Å²) in [6, 6.07) is 0. The molecule has 0 bridgehead atoms. The smallest absolute Gasteiger partial charge is 0.0326 e. The van der Waals surface area contributed by atoms with Crippen LogP contribution in [0.25, 0.3) is 0 Å². The Morgan fingerprint density at radius 1 is 0.571 bits per heavy atom. The molecular formula is C21H46. The van der Waals surface area contributed by atoms with Gasteiger partial charge in [-0.3, -0.25) is 0 Å². The van der Waals surface area contributed by atoms with E-state index in [0.29, 0.717) is 5.41 Å². The Morgan fingerprint density at radius 3 is 1.19 bits per heavy atom. The SMILES string of the molecule is CC(C)CC(C)C(C)(C)CC(C)C.CC(C)CCC(C)C. The van der Waals surface area contributed by atoms with E-state index in [1.165, 1.54) is 25.7 Å². The fourth-order valence-corrected chi connectivity index (χ4v) is 2.95. The molecule has 0 nitrogen and oxygen atoms in total. The topological polar surface area (TPSA) is 0 Å². The predicted molar refractivity (Wildman–Crippen MR) is 101 cm³/mol. The summed E-state index contributed by atoms with van der Waals surface area (Å²) in [7, 11) is 0. The summed E-state index contributed by atoms with van der Waals surface area (Å²) in [5.41, 5.74) is 0.512. The zero-order chi connectivity index (χ0) is 17.2. The van der Waals surface area contributed by atoms with E-state index in [2.05, 4.69) is 76.2 Å². The molecule has 21 heavy (non-hydrogen) atoms. The second-order valence-electron chi connectivity index (χ2n) is 9.48. The van der Waals surface area contributed by atoms with Crippen LogP contribution in [0, 0.1) is 35.0 Å². The van der Waals surface area contributed by atoms with E-state index >= 15 is 0 Å². The lowest BCUT2D eigenvalue weighted by Crippen LogP contribution is -2.24. The molecule has 0 amide bonds. The van der Waals surface area contributed by atoms with Crippen LogP contribution in [-0.4, -0.2) is 0 Å². The molecule has 0 saturated heterocycles. The summed E-state index contributed by atoms with van der Waals surface area (Å²) in [6.45, 7) is 25.6. The quantitative estimate of drug-likeness (QED) is 0.428. The average Bonchev–Trinajstić information content (AvgIpc) is 2.24. The van der Waals surface area contributed by atoms with Gasteiger partial charge in [-0.25, -0.2) is 0 Å². The molecule has 0 saturated carbocycles. The summed E-state index contributed by atoms with van der Waals surface area (Å²) >= 11 is 0. The van der Waals surface area contributed by atoms with Gasteiger partial charge in [0.25, 0.3) is 0 Å². The molecule has 0 heteroatoms. The molecule has 130 valence electrons. The maximum Gasteiger partial charge on any atom is -0.0326 e. The third-order valence-corrected chi connectivity index (χ3v) is 4.41. The number of hydrogen-bond acceptors (Lipinski definition) is 0. The van der Waals surface area contributed by atoms with Crippen molar-refractivity contribution in [3.8, 4) is 0 Å². The van der Waals surface area contributed by atoms with Crippen molar-refractivity contribution in [2.24, 2.45) is 35.0 Å². The van der Waals surface area contributed by atoms with Crippen molar-refractivity contribution in [1.29, 1.82) is 0 Å². The minimum absolute atomic E-state index is 0.512. The first-order valence-corrected chi connectivity index (χ1v) is 9.38. The molecule has 1 unspecified atom stereocenters. The lowest BCUT2D eigenvalue weighted by atomic mass is 9.71. The molecule has 0 aromatic heterocycles. The van der Waals surface area contributed by atoms with Gasteiger partial charge in [0.05, 0.1) is 0 Å². The summed E-state index contributed by atoms with van der Waals surface area (Å²) in [5.74, 6) is 4.27. The first kappa shape index (κ1) is 23.3. The second kappa shape index (κ2) is 11.6. The lowest BCUT2D eigenvalue weighted by molar-refractivity contribution is 0.161. The summed E-state index contributed by atoms with van der Waals surface area (Å²) in [4.78, 5) is 0. The monoisotopic (exact) mass is 298 g/mol. The molecule has 0 aliphatic rings. The second-order valence-corrected chi connectivity index (χ2v) is 9.48. The Bertz CT molecular complexity index is 212. The molecule has 0 radical (unpaired) electrons. The molecule has 0 heterocycles. The first-order valence-electron chi connectivity index (χ1n) is 9.38. The average molecular weight is 299 g/mol. The van der Waals surface area contributed by atoms with Crippen molar-refractivity contribution in [3.63, 3.8) is 0 Å². The van der Waals surface area contributed by atoms with E-state index in [-0.39, 0.29) is 0 Å². The van der Waals surface area contributed by atoms with Crippen molar-refractivity contribution < 1.29 is 0 Å². The fraction of sp³-hybridized carbons (Fsp3) is 1.00. The van der Waals surface area contributed by atoms with E-state index in [1.54, 1.807) is 0 Å². The van der Waals surface area contributed by atoms with Gasteiger partial charge in [0.15, 0.2) is 0 Å². The van der Waals surface area contributed by atoms with Crippen molar-refractivity contribution in [3.05, 3.63) is 0 Å². The van der Waals surface area contributed by atoms with Gasteiger partial charge in [0.1, 0.15) is 0 Å². The van der Waals surface area contributed by atoms with Gasteiger partial charge in [0.2, 0.25) is 0 Å². The zero-order valence-corrected chi connectivity index (χ0v) is 17.2. The number of hydrogen-bond donors (Lipinski definition) is 0. The highest BCUT2D eigenvalue weighted by atomic mass is 14.3. The van der Waals surface area contributed by atoms with Crippen molar-refractivity contribution in [2.75, 3.05) is 0 Å². The normalized spacial score (nSPS) is 13.9. The Hall–Kier alpha value is 0. The summed E-state index contributed by atoms with van der Waals surface area (Å²) < 4.78 is 0. The molecule has 0 fully saturated rings. The molecule has 0 N–H and O–H groups in total. The van der Waals surface area contributed by atoms with Crippen molar-refractivity contribution >= 4 is 0 Å². The summed E-state index contributed by atoms with van der Waals surface area (Å²) in [5, 5.41) is 0. The highest BCUT2D eigenvalue weighted by Gasteiger charge is 2.26. The molecule has 0 aromatic carbocycles. The van der Waals surface area contributed by atoms with Crippen LogP contribution < -0.4 is 0 Å². The van der Waals surface area contributed by atoms with Crippen LogP contribution in [0.3, 0.4) is 0 Å². The molecule has 0 aliphatic heterocycles. The highest BCUT2D eigenvalue weighted by molar-refractivity contribution is 4.77. The van der Waals surface area contributed by atoms with Gasteiger partial charge in [0, 0.05) is 0 Å². The molecule has 0 aromatic rings. The standard InChI is InChI=1S/C13H28.C8H18/c1-10(2)8-12(5)13(6,7)9-11(3)4;1-7(2)5-6-8(3)4/h10-12H,8-9H2,1-7H3;7-8H,5-6H2,1-4H3. The Morgan fingerprint density at radius 2 is 0.952 bits per heavy atom. The maximum absolute atomic E-state index is 2.42. The highest BCUT2D eigenvalue weighted by Crippen LogP contribution is 2.36. The largest absolute Gasteiger partial charge is 0.0628 e. The van der Waals surface area contributed by atoms with E-state index < -0.39 is 0 Å². The minimum atomic E-state index is 0.512. The summed E-state index contributed by atoms with van der Waals surface area (Å²) in [6.07, 6.45) is 5.48. The fourth-order valence-electron chi connectivity index (χ4n) is 2.95. The Kier molecular flexibility index (Phi) is 12.8. The minimum Gasteiger partial charge on any atom is -0.0628 e. The van der Waals surface area contributed by atoms with Gasteiger partial charge in [-0.1, -0.05) is 89.0 Å². The molecule has 1 atom stereocenters. The van der Waals surface area contributed by atoms with Crippen LogP contribution in [0.5, 0.6) is 0 Å². The van der Waals surface area contributed by atoms with Crippen LogP contribution >= 0.6 is 0 Å². The molecular weight excluding hydrogens is 252 g/mol. The lowest BCUT2D eigenvalue weighted by Gasteiger charge is -2.34. The molecule has 0 rings (SSSR count). The van der Waals surface area contributed by atoms with E-state index in [9.17, 15) is 0 Å². The van der Waals surface area contributed by atoms with Crippen LogP contribution in [-0.2, 0) is 0 Å². The van der Waals surface area contributed by atoms with Crippen LogP contribution in [0.4, 0.5) is 0 Å². The van der Waals surface area contributed by atoms with Crippen LogP contribution in [0.1, 0.15) is 102 Å². The number of rotatable bonds is 8. The first-order chi connectivity index (χ1) is 9.38. The van der Waals surface area contributed by atoms with Crippen molar-refractivity contribution in [2.45, 2.75) is 102 Å². The predicted octanol–water partition coefficient (Wildman–Crippen LogP) is 7.82. The molecule has 0 aliphatic carbocycles. The van der Waals surface area contributed by atoms with E-state index in [4.69, 9.17) is 0 Å². The van der Waals surface area contributed by atoms with E-state index in [1.807, 2.05) is 0 Å². The zero-order valence-electron chi connectivity index (χ0n) is 17.2.